The Morgan fingerprint density at radius 1 is 1.16 bits per heavy atom. The quantitative estimate of drug-likeness (QED) is 0.642. The summed E-state index contributed by atoms with van der Waals surface area (Å²) >= 11 is 0. The first-order valence-corrected chi connectivity index (χ1v) is 11.6. The lowest BCUT2D eigenvalue weighted by atomic mass is 9.87. The molecule has 2 N–H and O–H groups in total. The maximum absolute atomic E-state index is 13.1. The second-order valence-electron chi connectivity index (χ2n) is 9.96. The van der Waals surface area contributed by atoms with Gasteiger partial charge in [0.15, 0.2) is 0 Å². The van der Waals surface area contributed by atoms with E-state index in [1.165, 1.54) is 0 Å². The maximum Gasteiger partial charge on any atom is 0.252 e. The van der Waals surface area contributed by atoms with Crippen LogP contribution in [0.5, 0.6) is 5.75 Å². The summed E-state index contributed by atoms with van der Waals surface area (Å²) in [6.07, 6.45) is 2.66. The zero-order valence-electron chi connectivity index (χ0n) is 20.4. The van der Waals surface area contributed by atoms with E-state index in [4.69, 9.17) is 4.74 Å². The van der Waals surface area contributed by atoms with Crippen molar-refractivity contribution in [1.82, 2.24) is 15.5 Å². The lowest BCUT2D eigenvalue weighted by Gasteiger charge is -2.37. The fraction of sp³-hybridized carbons (Fsp3) is 0.640. The van der Waals surface area contributed by atoms with Gasteiger partial charge in [0.05, 0.1) is 7.11 Å². The van der Waals surface area contributed by atoms with E-state index >= 15 is 0 Å². The zero-order chi connectivity index (χ0) is 23.9. The third-order valence-electron chi connectivity index (χ3n) is 5.95. The molecule has 0 aromatic heterocycles. The van der Waals surface area contributed by atoms with Crippen LogP contribution in [0.15, 0.2) is 24.3 Å². The molecule has 2 atom stereocenters. The van der Waals surface area contributed by atoms with Gasteiger partial charge in [-0.3, -0.25) is 14.4 Å². The Balaban J connectivity index is 2.11. The standard InChI is InChI=1S/C25H39N3O4/c1-7-17(2)26-24(31)22(27-23(30)19-9-8-10-20(15-19)32-6)18-11-13-28(14-12-18)21(29)16-25(3,4)5/h8-10,15,17-18,22H,7,11-14,16H2,1-6H3,(H,26,31)(H,27,30)/t17-,22+/m0/s1. The number of likely N-dealkylation sites (tertiary alicyclic amines) is 1. The van der Waals surface area contributed by atoms with Gasteiger partial charge < -0.3 is 20.3 Å². The minimum atomic E-state index is -0.650. The summed E-state index contributed by atoms with van der Waals surface area (Å²) < 4.78 is 5.21. The van der Waals surface area contributed by atoms with Gasteiger partial charge in [-0.1, -0.05) is 33.8 Å². The molecule has 0 bridgehead atoms. The van der Waals surface area contributed by atoms with Crippen LogP contribution in [0.1, 0.15) is 70.7 Å². The molecule has 0 unspecified atom stereocenters. The molecule has 0 aliphatic carbocycles. The number of benzene rings is 1. The van der Waals surface area contributed by atoms with Gasteiger partial charge >= 0.3 is 0 Å². The second-order valence-corrected chi connectivity index (χ2v) is 9.96. The summed E-state index contributed by atoms with van der Waals surface area (Å²) in [4.78, 5) is 40.5. The summed E-state index contributed by atoms with van der Waals surface area (Å²) in [6, 6.07) is 6.26. The minimum Gasteiger partial charge on any atom is -0.497 e. The van der Waals surface area contributed by atoms with E-state index in [1.807, 2.05) is 18.7 Å². The lowest BCUT2D eigenvalue weighted by Crippen LogP contribution is -2.55. The first kappa shape index (κ1) is 25.7. The van der Waals surface area contributed by atoms with Gasteiger partial charge in [0.1, 0.15) is 11.8 Å². The van der Waals surface area contributed by atoms with Crippen LogP contribution < -0.4 is 15.4 Å². The molecule has 1 saturated heterocycles. The first-order valence-electron chi connectivity index (χ1n) is 11.6. The number of methoxy groups -OCH3 is 1. The number of hydrogen-bond acceptors (Lipinski definition) is 4. The highest BCUT2D eigenvalue weighted by atomic mass is 16.5. The van der Waals surface area contributed by atoms with Gasteiger partial charge in [-0.2, -0.15) is 0 Å². The molecule has 1 fully saturated rings. The molecule has 1 aliphatic rings. The molecule has 32 heavy (non-hydrogen) atoms. The van der Waals surface area contributed by atoms with Gasteiger partial charge in [-0.25, -0.2) is 0 Å². The van der Waals surface area contributed by atoms with Crippen LogP contribution in [0.3, 0.4) is 0 Å². The predicted molar refractivity (Wildman–Crippen MR) is 126 cm³/mol. The highest BCUT2D eigenvalue weighted by Gasteiger charge is 2.35. The average molecular weight is 446 g/mol. The highest BCUT2D eigenvalue weighted by molar-refractivity contribution is 5.98. The van der Waals surface area contributed by atoms with Gasteiger partial charge in [-0.15, -0.1) is 0 Å². The van der Waals surface area contributed by atoms with Crippen LogP contribution in [0.25, 0.3) is 0 Å². The molecule has 7 nitrogen and oxygen atoms in total. The average Bonchev–Trinajstić information content (AvgIpc) is 2.76. The molecule has 7 heteroatoms. The topological polar surface area (TPSA) is 87.7 Å². The molecule has 1 aromatic rings. The number of amides is 3. The number of nitrogens with one attached hydrogen (secondary N) is 2. The minimum absolute atomic E-state index is 0.0205. The Labute approximate surface area is 192 Å². The largest absolute Gasteiger partial charge is 0.497 e. The highest BCUT2D eigenvalue weighted by Crippen LogP contribution is 2.25. The monoisotopic (exact) mass is 445 g/mol. The molecule has 0 radical (unpaired) electrons. The van der Waals surface area contributed by atoms with Gasteiger partial charge in [0.25, 0.3) is 5.91 Å². The summed E-state index contributed by atoms with van der Waals surface area (Å²) in [6.45, 7) is 11.3. The van der Waals surface area contributed by atoms with Gasteiger partial charge in [-0.05, 0) is 55.7 Å². The number of ether oxygens (including phenoxy) is 1. The lowest BCUT2D eigenvalue weighted by molar-refractivity contribution is -0.134. The Hall–Kier alpha value is -2.57. The normalized spacial score (nSPS) is 16.8. The van der Waals surface area contributed by atoms with E-state index in [0.717, 1.165) is 6.42 Å². The van der Waals surface area contributed by atoms with E-state index in [2.05, 4.69) is 31.4 Å². The molecule has 1 aromatic carbocycles. The van der Waals surface area contributed by atoms with Crippen LogP contribution in [-0.2, 0) is 9.59 Å². The van der Waals surface area contributed by atoms with E-state index < -0.39 is 6.04 Å². The predicted octanol–water partition coefficient (Wildman–Crippen LogP) is 3.38. The van der Waals surface area contributed by atoms with Crippen molar-refractivity contribution >= 4 is 17.7 Å². The van der Waals surface area contributed by atoms with Crippen molar-refractivity contribution < 1.29 is 19.1 Å². The van der Waals surface area contributed by atoms with Crippen molar-refractivity contribution in [3.63, 3.8) is 0 Å². The number of carbonyl (C=O) groups excluding carboxylic acids is 3. The van der Waals surface area contributed by atoms with Crippen molar-refractivity contribution in [2.75, 3.05) is 20.2 Å². The van der Waals surface area contributed by atoms with E-state index in [-0.39, 0.29) is 35.1 Å². The summed E-state index contributed by atoms with van der Waals surface area (Å²) in [5, 5.41) is 5.97. The van der Waals surface area contributed by atoms with Crippen molar-refractivity contribution in [3.05, 3.63) is 29.8 Å². The van der Waals surface area contributed by atoms with Gasteiger partial charge in [0.2, 0.25) is 11.8 Å². The number of rotatable bonds is 8. The molecule has 3 amide bonds. The van der Waals surface area contributed by atoms with Crippen molar-refractivity contribution in [2.24, 2.45) is 11.3 Å². The van der Waals surface area contributed by atoms with Crippen molar-refractivity contribution in [2.45, 2.75) is 72.4 Å². The third kappa shape index (κ3) is 7.53. The molecule has 2 rings (SSSR count). The molecule has 1 heterocycles. The number of hydrogen-bond donors (Lipinski definition) is 2. The van der Waals surface area contributed by atoms with Crippen molar-refractivity contribution in [1.29, 1.82) is 0 Å². The Morgan fingerprint density at radius 2 is 1.81 bits per heavy atom. The Morgan fingerprint density at radius 3 is 2.38 bits per heavy atom. The van der Waals surface area contributed by atoms with Crippen LogP contribution in [0.2, 0.25) is 0 Å². The molecular weight excluding hydrogens is 406 g/mol. The number of nitrogens with zero attached hydrogens (tertiary/aromatic N) is 1. The molecule has 0 spiro atoms. The number of piperidine rings is 1. The fourth-order valence-electron chi connectivity index (χ4n) is 3.87. The summed E-state index contributed by atoms with van der Waals surface area (Å²) in [7, 11) is 1.55. The maximum atomic E-state index is 13.1. The first-order chi connectivity index (χ1) is 15.0. The van der Waals surface area contributed by atoms with Crippen LogP contribution in [0, 0.1) is 11.3 Å². The summed E-state index contributed by atoms with van der Waals surface area (Å²) in [5.74, 6) is 0.225. The number of carbonyl (C=O) groups is 3. The van der Waals surface area contributed by atoms with E-state index in [9.17, 15) is 14.4 Å². The van der Waals surface area contributed by atoms with Crippen LogP contribution >= 0.6 is 0 Å². The fourth-order valence-corrected chi connectivity index (χ4v) is 3.87. The van der Waals surface area contributed by atoms with E-state index in [0.29, 0.717) is 43.7 Å². The second kappa shape index (κ2) is 11.3. The SMILES string of the molecule is CC[C@H](C)NC(=O)[C@H](NC(=O)c1cccc(OC)c1)C1CCN(C(=O)CC(C)(C)C)CC1. The van der Waals surface area contributed by atoms with Crippen molar-refractivity contribution in [3.8, 4) is 5.75 Å². The smallest absolute Gasteiger partial charge is 0.252 e. The van der Waals surface area contributed by atoms with Crippen LogP contribution in [-0.4, -0.2) is 54.9 Å². The Kier molecular flexibility index (Phi) is 9.10. The summed E-state index contributed by atoms with van der Waals surface area (Å²) in [5.41, 5.74) is 0.389. The van der Waals surface area contributed by atoms with Gasteiger partial charge in [0, 0.05) is 31.1 Å². The molecule has 0 saturated carbocycles. The molecular formula is C25H39N3O4. The zero-order valence-corrected chi connectivity index (χ0v) is 20.4. The van der Waals surface area contributed by atoms with Crippen LogP contribution in [0.4, 0.5) is 0 Å². The van der Waals surface area contributed by atoms with E-state index in [1.54, 1.807) is 31.4 Å². The molecule has 178 valence electrons. The Bertz CT molecular complexity index is 795. The third-order valence-corrected chi connectivity index (χ3v) is 5.95. The molecule has 1 aliphatic heterocycles.